The fraction of sp³-hybridized carbons (Fsp3) is 0.692. The summed E-state index contributed by atoms with van der Waals surface area (Å²) in [4.78, 5) is 22.1. The molecule has 1 aliphatic heterocycles. The summed E-state index contributed by atoms with van der Waals surface area (Å²) in [5, 5.41) is 20.2. The van der Waals surface area contributed by atoms with Crippen LogP contribution >= 0.6 is 34.8 Å². The van der Waals surface area contributed by atoms with E-state index < -0.39 is 46.4 Å². The predicted molar refractivity (Wildman–Crippen MR) is 83.4 cm³/mol. The zero-order valence-electron chi connectivity index (χ0n) is 12.8. The van der Waals surface area contributed by atoms with Crippen LogP contribution in [0.25, 0.3) is 0 Å². The van der Waals surface area contributed by atoms with Gasteiger partial charge < -0.3 is 29.2 Å². The normalized spacial score (nSPS) is 30.4. The molecule has 1 fully saturated rings. The van der Waals surface area contributed by atoms with E-state index in [0.717, 1.165) is 13.8 Å². The number of alkyl halides is 3. The van der Waals surface area contributed by atoms with Crippen LogP contribution < -0.4 is 0 Å². The van der Waals surface area contributed by atoms with Crippen molar-refractivity contribution in [3.05, 3.63) is 12.3 Å². The van der Waals surface area contributed by atoms with Crippen LogP contribution in [0.1, 0.15) is 13.8 Å². The zero-order chi connectivity index (χ0) is 18.7. The third kappa shape index (κ3) is 5.94. The van der Waals surface area contributed by atoms with Gasteiger partial charge in [-0.1, -0.05) is 41.4 Å². The highest BCUT2D eigenvalue weighted by atomic mass is 35.6. The average Bonchev–Trinajstić information content (AvgIpc) is 2.43. The van der Waals surface area contributed by atoms with E-state index in [9.17, 15) is 19.8 Å². The highest BCUT2D eigenvalue weighted by molar-refractivity contribution is 6.69. The van der Waals surface area contributed by atoms with Gasteiger partial charge in [0.05, 0.1) is 0 Å². The first-order valence-electron chi connectivity index (χ1n) is 6.68. The molecule has 1 rings (SSSR count). The Morgan fingerprint density at radius 1 is 1.12 bits per heavy atom. The van der Waals surface area contributed by atoms with Crippen LogP contribution in [0.2, 0.25) is 0 Å². The molecule has 11 heteroatoms. The largest absolute Gasteiger partial charge is 0.463 e. The average molecular weight is 408 g/mol. The third-order valence-corrected chi connectivity index (χ3v) is 3.60. The van der Waals surface area contributed by atoms with Crippen LogP contribution in [0.5, 0.6) is 0 Å². The van der Waals surface area contributed by atoms with Gasteiger partial charge in [0.25, 0.3) is 0 Å². The molecule has 3 unspecified atom stereocenters. The molecule has 1 aliphatic rings. The Kier molecular flexibility index (Phi) is 7.58. The fourth-order valence-corrected chi connectivity index (χ4v) is 2.00. The molecule has 5 atom stereocenters. The number of carbonyl (C=O) groups is 2. The smallest absolute Gasteiger partial charge is 0.303 e. The van der Waals surface area contributed by atoms with Crippen LogP contribution in [0.15, 0.2) is 12.3 Å². The molecule has 1 heterocycles. The van der Waals surface area contributed by atoms with Crippen molar-refractivity contribution in [1.29, 1.82) is 0 Å². The lowest BCUT2D eigenvalue weighted by molar-refractivity contribution is -0.295. The second-order valence-electron chi connectivity index (χ2n) is 4.94. The van der Waals surface area contributed by atoms with Crippen molar-refractivity contribution >= 4 is 46.7 Å². The molecule has 138 valence electrons. The lowest BCUT2D eigenvalue weighted by Crippen LogP contribution is -2.60. The summed E-state index contributed by atoms with van der Waals surface area (Å²) in [5.74, 6) is -1.74. The number of carbonyl (C=O) groups excluding carboxylic acids is 2. The van der Waals surface area contributed by atoms with Crippen molar-refractivity contribution in [3.8, 4) is 0 Å². The van der Waals surface area contributed by atoms with Crippen LogP contribution in [0.4, 0.5) is 0 Å². The number of hydrogen-bond acceptors (Lipinski definition) is 8. The second kappa shape index (κ2) is 8.55. The highest BCUT2D eigenvalue weighted by Gasteiger charge is 2.49. The van der Waals surface area contributed by atoms with E-state index in [2.05, 4.69) is 6.58 Å². The number of rotatable bonds is 5. The number of esters is 2. The Balaban J connectivity index is 2.95. The van der Waals surface area contributed by atoms with E-state index in [1.54, 1.807) is 0 Å². The first-order chi connectivity index (χ1) is 10.9. The Morgan fingerprint density at radius 2 is 1.71 bits per heavy atom. The number of halogens is 3. The van der Waals surface area contributed by atoms with Gasteiger partial charge in [-0.15, -0.1) is 0 Å². The maximum atomic E-state index is 11.2. The molecule has 0 radical (unpaired) electrons. The van der Waals surface area contributed by atoms with Crippen LogP contribution in [0, 0.1) is 0 Å². The van der Waals surface area contributed by atoms with E-state index in [-0.39, 0.29) is 12.4 Å². The lowest BCUT2D eigenvalue weighted by atomic mass is 9.99. The Bertz CT molecular complexity index is 490. The minimum Gasteiger partial charge on any atom is -0.463 e. The summed E-state index contributed by atoms with van der Waals surface area (Å²) in [6.07, 6.45) is -7.15. The highest BCUT2D eigenvalue weighted by Crippen LogP contribution is 2.37. The summed E-state index contributed by atoms with van der Waals surface area (Å²) < 4.78 is 18.2. The van der Waals surface area contributed by atoms with E-state index in [0.29, 0.717) is 0 Å². The van der Waals surface area contributed by atoms with Crippen molar-refractivity contribution in [2.75, 3.05) is 6.61 Å². The van der Waals surface area contributed by atoms with Gasteiger partial charge in [0.15, 0.2) is 6.10 Å². The second-order valence-corrected chi connectivity index (χ2v) is 7.22. The van der Waals surface area contributed by atoms with Gasteiger partial charge in [-0.3, -0.25) is 9.59 Å². The molecule has 0 aromatic heterocycles. The molecular weight excluding hydrogens is 390 g/mol. The summed E-state index contributed by atoms with van der Waals surface area (Å²) in [5.41, 5.74) is 0. The predicted octanol–water partition coefficient (Wildman–Crippen LogP) is 0.828. The SMILES string of the molecule is C=C(OC1OC(COC(C)=O)[C@H](O)[C@H](O)C1OC(C)=O)C(Cl)(Cl)Cl. The molecule has 24 heavy (non-hydrogen) atoms. The number of hydrogen-bond donors (Lipinski definition) is 2. The molecule has 0 aliphatic carbocycles. The van der Waals surface area contributed by atoms with Crippen molar-refractivity contribution < 1.29 is 38.7 Å². The van der Waals surface area contributed by atoms with Gasteiger partial charge >= 0.3 is 11.9 Å². The first-order valence-corrected chi connectivity index (χ1v) is 7.81. The molecule has 0 amide bonds. The van der Waals surface area contributed by atoms with Crippen molar-refractivity contribution in [3.63, 3.8) is 0 Å². The topological polar surface area (TPSA) is 112 Å². The summed E-state index contributed by atoms with van der Waals surface area (Å²) in [6.45, 7) is 5.28. The number of aliphatic hydroxyl groups excluding tert-OH is 2. The standard InChI is InChI=1S/C13H17Cl3O8/c1-5(13(14,15)16)22-12-11(23-7(3)18)10(20)9(19)8(24-12)4-21-6(2)17/h8-12,19-20H,1,4H2,2-3H3/t8?,9-,10-,11?,12?/m0/s1. The maximum Gasteiger partial charge on any atom is 0.303 e. The molecule has 0 aromatic rings. The molecule has 0 spiro atoms. The van der Waals surface area contributed by atoms with E-state index in [4.69, 9.17) is 53.8 Å². The monoisotopic (exact) mass is 406 g/mol. The van der Waals surface area contributed by atoms with Crippen molar-refractivity contribution in [2.24, 2.45) is 0 Å². The van der Waals surface area contributed by atoms with Gasteiger partial charge in [-0.05, 0) is 0 Å². The van der Waals surface area contributed by atoms with Gasteiger partial charge in [-0.25, -0.2) is 0 Å². The zero-order valence-corrected chi connectivity index (χ0v) is 15.0. The van der Waals surface area contributed by atoms with Gasteiger partial charge in [0, 0.05) is 13.8 Å². The number of aliphatic hydroxyl groups is 2. The summed E-state index contributed by atoms with van der Waals surface area (Å²) in [6, 6.07) is 0. The number of ether oxygens (including phenoxy) is 4. The minimum atomic E-state index is -2.00. The van der Waals surface area contributed by atoms with Crippen LogP contribution in [-0.4, -0.2) is 63.3 Å². The Labute approximate surface area is 153 Å². The molecule has 0 bridgehead atoms. The van der Waals surface area contributed by atoms with E-state index in [1.165, 1.54) is 0 Å². The van der Waals surface area contributed by atoms with E-state index in [1.807, 2.05) is 0 Å². The molecular formula is C13H17Cl3O8. The van der Waals surface area contributed by atoms with Crippen LogP contribution in [-0.2, 0) is 28.5 Å². The van der Waals surface area contributed by atoms with Gasteiger partial charge in [0.1, 0.15) is 30.7 Å². The molecule has 2 N–H and O–H groups in total. The summed E-state index contributed by atoms with van der Waals surface area (Å²) >= 11 is 16.9. The fourth-order valence-electron chi connectivity index (χ4n) is 1.86. The Hall–Kier alpha value is -0.770. The minimum absolute atomic E-state index is 0.357. The molecule has 0 aromatic carbocycles. The number of allylic oxidation sites excluding steroid dienone is 1. The molecule has 1 saturated heterocycles. The quantitative estimate of drug-likeness (QED) is 0.391. The van der Waals surface area contributed by atoms with Gasteiger partial charge in [0.2, 0.25) is 10.1 Å². The van der Waals surface area contributed by atoms with Gasteiger partial charge in [-0.2, -0.15) is 0 Å². The third-order valence-electron chi connectivity index (χ3n) is 2.97. The van der Waals surface area contributed by atoms with E-state index >= 15 is 0 Å². The maximum absolute atomic E-state index is 11.2. The summed E-state index contributed by atoms with van der Waals surface area (Å²) in [7, 11) is 0. The molecule has 8 nitrogen and oxygen atoms in total. The first kappa shape index (κ1) is 21.3. The van der Waals surface area contributed by atoms with Crippen LogP contribution in [0.3, 0.4) is 0 Å². The molecule has 0 saturated carbocycles. The lowest BCUT2D eigenvalue weighted by Gasteiger charge is -2.41. The van der Waals surface area contributed by atoms with Crippen molar-refractivity contribution in [2.45, 2.75) is 48.3 Å². The Morgan fingerprint density at radius 3 is 2.17 bits per heavy atom. The van der Waals surface area contributed by atoms with Crippen molar-refractivity contribution in [1.82, 2.24) is 0 Å².